The SMILES string of the molecule is Cc1oc(-c2ccc3c(c2)OC(F)(F)O3)nc1CCOc1cccc(CSCC(=O)O)c1. The summed E-state index contributed by atoms with van der Waals surface area (Å²) in [5.74, 6) is 1.23. The summed E-state index contributed by atoms with van der Waals surface area (Å²) in [6.07, 6.45) is -3.20. The molecule has 32 heavy (non-hydrogen) atoms. The summed E-state index contributed by atoms with van der Waals surface area (Å²) in [7, 11) is 0. The number of carboxylic acid groups (broad SMARTS) is 1. The Bertz CT molecular complexity index is 1130. The molecule has 0 atom stereocenters. The standard InChI is InChI=1S/C22H19F2NO6S/c1-13-17(7-8-28-16-4-2-3-14(9-16)11-32-12-20(26)27)25-21(29-13)15-5-6-18-19(10-15)31-22(23,24)30-18/h2-6,9-10H,7-8,11-12H2,1H3,(H,26,27). The summed E-state index contributed by atoms with van der Waals surface area (Å²) >= 11 is 1.32. The molecule has 0 fully saturated rings. The molecule has 1 aromatic heterocycles. The van der Waals surface area contributed by atoms with Gasteiger partial charge in [-0.3, -0.25) is 4.79 Å². The fourth-order valence-corrected chi connectivity index (χ4v) is 3.80. The second-order valence-electron chi connectivity index (χ2n) is 6.98. The largest absolute Gasteiger partial charge is 0.586 e. The van der Waals surface area contributed by atoms with Gasteiger partial charge in [0.15, 0.2) is 11.5 Å². The third-order valence-corrected chi connectivity index (χ3v) is 5.53. The molecule has 0 radical (unpaired) electrons. The smallest absolute Gasteiger partial charge is 0.493 e. The van der Waals surface area contributed by atoms with E-state index in [0.717, 1.165) is 5.56 Å². The molecule has 7 nitrogen and oxygen atoms in total. The molecule has 168 valence electrons. The third kappa shape index (κ3) is 5.31. The predicted molar refractivity (Wildman–Crippen MR) is 112 cm³/mol. The van der Waals surface area contributed by atoms with Crippen molar-refractivity contribution in [2.24, 2.45) is 0 Å². The fraction of sp³-hybridized carbons (Fsp3) is 0.273. The van der Waals surface area contributed by atoms with Gasteiger partial charge in [-0.25, -0.2) is 4.98 Å². The molecule has 0 saturated carbocycles. The number of benzene rings is 2. The Morgan fingerprint density at radius 3 is 2.81 bits per heavy atom. The number of alkyl halides is 2. The van der Waals surface area contributed by atoms with E-state index < -0.39 is 12.3 Å². The maximum Gasteiger partial charge on any atom is 0.586 e. The van der Waals surface area contributed by atoms with Gasteiger partial charge in [0.1, 0.15) is 11.5 Å². The summed E-state index contributed by atoms with van der Waals surface area (Å²) in [5.41, 5.74) is 2.16. The maximum atomic E-state index is 13.2. The van der Waals surface area contributed by atoms with E-state index in [1.54, 1.807) is 13.0 Å². The van der Waals surface area contributed by atoms with E-state index in [9.17, 15) is 13.6 Å². The first-order valence-corrected chi connectivity index (χ1v) is 10.8. The molecule has 10 heteroatoms. The average molecular weight is 463 g/mol. The highest BCUT2D eigenvalue weighted by Crippen LogP contribution is 2.42. The van der Waals surface area contributed by atoms with Gasteiger partial charge in [0.2, 0.25) is 5.89 Å². The minimum atomic E-state index is -3.68. The second-order valence-corrected chi connectivity index (χ2v) is 7.97. The molecule has 0 spiro atoms. The lowest BCUT2D eigenvalue weighted by molar-refractivity contribution is -0.286. The zero-order valence-electron chi connectivity index (χ0n) is 17.0. The minimum absolute atomic E-state index is 0.0424. The van der Waals surface area contributed by atoms with Crippen LogP contribution in [0.5, 0.6) is 17.2 Å². The molecule has 0 amide bonds. The van der Waals surface area contributed by atoms with Crippen LogP contribution in [0.25, 0.3) is 11.5 Å². The Labute approximate surface area is 186 Å². The number of carboxylic acids is 1. The van der Waals surface area contributed by atoms with Crippen LogP contribution in [0.15, 0.2) is 46.9 Å². The Morgan fingerprint density at radius 2 is 2.00 bits per heavy atom. The van der Waals surface area contributed by atoms with Crippen LogP contribution >= 0.6 is 11.8 Å². The Hall–Kier alpha value is -3.27. The van der Waals surface area contributed by atoms with Gasteiger partial charge >= 0.3 is 12.3 Å². The summed E-state index contributed by atoms with van der Waals surface area (Å²) in [6.45, 7) is 2.12. The van der Waals surface area contributed by atoms with Crippen LogP contribution in [0.4, 0.5) is 8.78 Å². The number of aromatic nitrogens is 1. The molecule has 2 aromatic carbocycles. The van der Waals surface area contributed by atoms with Crippen molar-refractivity contribution in [3.05, 3.63) is 59.5 Å². The summed E-state index contributed by atoms with van der Waals surface area (Å²) in [4.78, 5) is 15.1. The van der Waals surface area contributed by atoms with E-state index >= 15 is 0 Å². The number of fused-ring (bicyclic) bond motifs is 1. The van der Waals surface area contributed by atoms with Crippen molar-refractivity contribution in [3.63, 3.8) is 0 Å². The van der Waals surface area contributed by atoms with Crippen LogP contribution < -0.4 is 14.2 Å². The van der Waals surface area contributed by atoms with E-state index in [-0.39, 0.29) is 23.1 Å². The quantitative estimate of drug-likeness (QED) is 0.479. The highest BCUT2D eigenvalue weighted by molar-refractivity contribution is 7.99. The number of ether oxygens (including phenoxy) is 3. The van der Waals surface area contributed by atoms with Gasteiger partial charge in [0.25, 0.3) is 0 Å². The van der Waals surface area contributed by atoms with Gasteiger partial charge in [0, 0.05) is 17.7 Å². The molecular weight excluding hydrogens is 444 g/mol. The van der Waals surface area contributed by atoms with Crippen LogP contribution in [0.1, 0.15) is 17.0 Å². The molecule has 1 aliphatic rings. The zero-order valence-corrected chi connectivity index (χ0v) is 17.8. The van der Waals surface area contributed by atoms with Crippen LogP contribution in [-0.2, 0) is 17.0 Å². The third-order valence-electron chi connectivity index (χ3n) is 4.54. The summed E-state index contributed by atoms with van der Waals surface area (Å²) < 4.78 is 46.8. The number of halogens is 2. The predicted octanol–water partition coefficient (Wildman–Crippen LogP) is 4.91. The number of hydrogen-bond donors (Lipinski definition) is 1. The van der Waals surface area contributed by atoms with Gasteiger partial charge in [-0.2, -0.15) is 0 Å². The monoisotopic (exact) mass is 463 g/mol. The maximum absolute atomic E-state index is 13.2. The van der Waals surface area contributed by atoms with Gasteiger partial charge < -0.3 is 23.7 Å². The van der Waals surface area contributed by atoms with E-state index in [0.29, 0.717) is 41.5 Å². The van der Waals surface area contributed by atoms with Crippen LogP contribution in [0.2, 0.25) is 0 Å². The van der Waals surface area contributed by atoms with Crippen molar-refractivity contribution in [2.45, 2.75) is 25.4 Å². The molecule has 3 aromatic rings. The van der Waals surface area contributed by atoms with Gasteiger partial charge in [0.05, 0.1) is 18.1 Å². The molecular formula is C22H19F2NO6S. The summed E-state index contributed by atoms with van der Waals surface area (Å²) in [6, 6.07) is 11.8. The van der Waals surface area contributed by atoms with Gasteiger partial charge in [-0.05, 0) is 42.8 Å². The number of aliphatic carboxylic acids is 1. The van der Waals surface area contributed by atoms with Crippen molar-refractivity contribution in [1.29, 1.82) is 0 Å². The highest BCUT2D eigenvalue weighted by atomic mass is 32.2. The first kappa shape index (κ1) is 21.9. The van der Waals surface area contributed by atoms with Crippen molar-refractivity contribution < 1.29 is 37.3 Å². The zero-order chi connectivity index (χ0) is 22.7. The molecule has 0 saturated heterocycles. The number of hydrogen-bond acceptors (Lipinski definition) is 7. The molecule has 1 aliphatic heterocycles. The first-order chi connectivity index (χ1) is 15.3. The van der Waals surface area contributed by atoms with Crippen LogP contribution in [0, 0.1) is 6.92 Å². The number of rotatable bonds is 9. The molecule has 0 aliphatic carbocycles. The Balaban J connectivity index is 1.35. The lowest BCUT2D eigenvalue weighted by Crippen LogP contribution is -2.25. The van der Waals surface area contributed by atoms with Crippen LogP contribution in [-0.4, -0.2) is 34.7 Å². The van der Waals surface area contributed by atoms with Crippen LogP contribution in [0.3, 0.4) is 0 Å². The van der Waals surface area contributed by atoms with E-state index in [1.165, 1.54) is 23.9 Å². The number of carbonyl (C=O) groups is 1. The number of nitrogens with zero attached hydrogens (tertiary/aromatic N) is 1. The average Bonchev–Trinajstić information content (AvgIpc) is 3.25. The fourth-order valence-electron chi connectivity index (χ4n) is 3.11. The molecule has 1 N–H and O–H groups in total. The highest BCUT2D eigenvalue weighted by Gasteiger charge is 2.43. The topological polar surface area (TPSA) is 91.0 Å². The van der Waals surface area contributed by atoms with E-state index in [4.69, 9.17) is 14.3 Å². The molecule has 4 rings (SSSR count). The number of oxazole rings is 1. The van der Waals surface area contributed by atoms with Crippen molar-refractivity contribution in [3.8, 4) is 28.7 Å². The second kappa shape index (κ2) is 9.07. The van der Waals surface area contributed by atoms with Gasteiger partial charge in [-0.1, -0.05) is 12.1 Å². The summed E-state index contributed by atoms with van der Waals surface area (Å²) in [5, 5.41) is 8.73. The first-order valence-electron chi connectivity index (χ1n) is 9.67. The minimum Gasteiger partial charge on any atom is -0.493 e. The number of thioether (sulfide) groups is 1. The van der Waals surface area contributed by atoms with E-state index in [1.807, 2.05) is 24.3 Å². The van der Waals surface area contributed by atoms with Crippen molar-refractivity contribution in [1.82, 2.24) is 4.98 Å². The van der Waals surface area contributed by atoms with E-state index in [2.05, 4.69) is 14.5 Å². The van der Waals surface area contributed by atoms with Crippen molar-refractivity contribution >= 4 is 17.7 Å². The number of aryl methyl sites for hydroxylation is 1. The molecule has 0 bridgehead atoms. The molecule has 0 unspecified atom stereocenters. The lowest BCUT2D eigenvalue weighted by Gasteiger charge is -2.07. The van der Waals surface area contributed by atoms with Gasteiger partial charge in [-0.15, -0.1) is 20.5 Å². The normalized spacial score (nSPS) is 13.8. The lowest BCUT2D eigenvalue weighted by atomic mass is 10.2. The molecule has 2 heterocycles. The Morgan fingerprint density at radius 1 is 1.19 bits per heavy atom. The Kier molecular flexibility index (Phi) is 6.22. The van der Waals surface area contributed by atoms with Crippen molar-refractivity contribution in [2.75, 3.05) is 12.4 Å².